The first kappa shape index (κ1) is 14.8. The summed E-state index contributed by atoms with van der Waals surface area (Å²) in [6.45, 7) is 5.26. The van der Waals surface area contributed by atoms with E-state index >= 15 is 0 Å². The summed E-state index contributed by atoms with van der Waals surface area (Å²) in [6, 6.07) is 8.36. The van der Waals surface area contributed by atoms with Gasteiger partial charge in [0.15, 0.2) is 0 Å². The highest BCUT2D eigenvalue weighted by molar-refractivity contribution is 5.50. The molecule has 0 saturated carbocycles. The SMILES string of the molecule is CCCC=Cc1ccc(OCCCCCC)cc1. The van der Waals surface area contributed by atoms with Gasteiger partial charge in [-0.3, -0.25) is 0 Å². The van der Waals surface area contributed by atoms with Gasteiger partial charge in [0.2, 0.25) is 0 Å². The van der Waals surface area contributed by atoms with E-state index in [0.29, 0.717) is 0 Å². The van der Waals surface area contributed by atoms with Crippen LogP contribution in [-0.4, -0.2) is 6.61 Å². The molecule has 100 valence electrons. The zero-order valence-corrected chi connectivity index (χ0v) is 11.8. The van der Waals surface area contributed by atoms with Gasteiger partial charge in [0.1, 0.15) is 5.75 Å². The molecule has 0 bridgehead atoms. The monoisotopic (exact) mass is 246 g/mol. The molecule has 0 saturated heterocycles. The molecule has 0 spiro atoms. The lowest BCUT2D eigenvalue weighted by Crippen LogP contribution is -1.96. The highest BCUT2D eigenvalue weighted by atomic mass is 16.5. The molecule has 0 radical (unpaired) electrons. The normalized spacial score (nSPS) is 11.0. The third-order valence-corrected chi connectivity index (χ3v) is 2.91. The van der Waals surface area contributed by atoms with E-state index in [1.165, 1.54) is 31.2 Å². The van der Waals surface area contributed by atoms with Crippen molar-refractivity contribution >= 4 is 6.08 Å². The van der Waals surface area contributed by atoms with Gasteiger partial charge in [0.25, 0.3) is 0 Å². The van der Waals surface area contributed by atoms with Crippen molar-refractivity contribution in [3.8, 4) is 5.75 Å². The topological polar surface area (TPSA) is 9.23 Å². The van der Waals surface area contributed by atoms with Crippen molar-refractivity contribution in [3.63, 3.8) is 0 Å². The first-order valence-electron chi connectivity index (χ1n) is 7.26. The fourth-order valence-corrected chi connectivity index (χ4v) is 1.78. The Morgan fingerprint density at radius 3 is 2.39 bits per heavy atom. The predicted molar refractivity (Wildman–Crippen MR) is 80.0 cm³/mol. The average Bonchev–Trinajstić information content (AvgIpc) is 2.40. The molecular weight excluding hydrogens is 220 g/mol. The molecule has 0 aliphatic rings. The Balaban J connectivity index is 2.27. The maximum absolute atomic E-state index is 5.71. The average molecular weight is 246 g/mol. The van der Waals surface area contributed by atoms with Crippen LogP contribution in [0.2, 0.25) is 0 Å². The first-order valence-corrected chi connectivity index (χ1v) is 7.26. The van der Waals surface area contributed by atoms with Crippen LogP contribution in [0, 0.1) is 0 Å². The highest BCUT2D eigenvalue weighted by Gasteiger charge is 1.94. The Hall–Kier alpha value is -1.24. The summed E-state index contributed by atoms with van der Waals surface area (Å²) in [5.41, 5.74) is 1.25. The molecular formula is C17H26O. The van der Waals surface area contributed by atoms with Crippen molar-refractivity contribution in [1.82, 2.24) is 0 Å². The number of hydrogen-bond donors (Lipinski definition) is 0. The standard InChI is InChI=1S/C17H26O/c1-3-5-7-9-15-18-17-13-11-16(12-14-17)10-8-6-4-2/h8,10-14H,3-7,9,15H2,1-2H3. The molecule has 0 atom stereocenters. The van der Waals surface area contributed by atoms with Gasteiger partial charge in [0, 0.05) is 0 Å². The van der Waals surface area contributed by atoms with Crippen LogP contribution in [0.4, 0.5) is 0 Å². The van der Waals surface area contributed by atoms with E-state index in [0.717, 1.165) is 25.2 Å². The van der Waals surface area contributed by atoms with Crippen LogP contribution in [0.1, 0.15) is 57.9 Å². The fraction of sp³-hybridized carbons (Fsp3) is 0.529. The zero-order valence-electron chi connectivity index (χ0n) is 11.8. The molecule has 0 unspecified atom stereocenters. The van der Waals surface area contributed by atoms with E-state index in [9.17, 15) is 0 Å². The van der Waals surface area contributed by atoms with Crippen molar-refractivity contribution in [2.45, 2.75) is 52.4 Å². The Morgan fingerprint density at radius 2 is 1.72 bits per heavy atom. The molecule has 0 aliphatic heterocycles. The predicted octanol–water partition coefficient (Wildman–Crippen LogP) is 5.46. The second-order valence-corrected chi connectivity index (χ2v) is 4.67. The minimum atomic E-state index is 0.838. The van der Waals surface area contributed by atoms with Gasteiger partial charge < -0.3 is 4.74 Å². The molecule has 1 heteroatoms. The maximum atomic E-state index is 5.71. The van der Waals surface area contributed by atoms with E-state index in [4.69, 9.17) is 4.74 Å². The van der Waals surface area contributed by atoms with Crippen LogP contribution in [-0.2, 0) is 0 Å². The molecule has 0 aromatic heterocycles. The van der Waals surface area contributed by atoms with E-state index in [2.05, 4.69) is 50.3 Å². The Bertz CT molecular complexity index is 324. The minimum Gasteiger partial charge on any atom is -0.494 e. The summed E-state index contributed by atoms with van der Waals surface area (Å²) in [7, 11) is 0. The lowest BCUT2D eigenvalue weighted by atomic mass is 10.2. The van der Waals surface area contributed by atoms with Gasteiger partial charge in [-0.15, -0.1) is 0 Å². The number of unbranched alkanes of at least 4 members (excludes halogenated alkanes) is 4. The third-order valence-electron chi connectivity index (χ3n) is 2.91. The second-order valence-electron chi connectivity index (χ2n) is 4.67. The van der Waals surface area contributed by atoms with Gasteiger partial charge in [-0.25, -0.2) is 0 Å². The van der Waals surface area contributed by atoms with Crippen molar-refractivity contribution in [1.29, 1.82) is 0 Å². The van der Waals surface area contributed by atoms with Crippen LogP contribution >= 0.6 is 0 Å². The molecule has 0 heterocycles. The molecule has 1 rings (SSSR count). The number of ether oxygens (including phenoxy) is 1. The Kier molecular flexibility index (Phi) is 8.03. The van der Waals surface area contributed by atoms with E-state index in [1.807, 2.05) is 0 Å². The molecule has 0 amide bonds. The Labute approximate surface area is 112 Å². The molecule has 18 heavy (non-hydrogen) atoms. The summed E-state index contributed by atoms with van der Waals surface area (Å²) in [5, 5.41) is 0. The molecule has 0 fully saturated rings. The van der Waals surface area contributed by atoms with Crippen molar-refractivity contribution in [3.05, 3.63) is 35.9 Å². The number of allylic oxidation sites excluding steroid dienone is 1. The summed E-state index contributed by atoms with van der Waals surface area (Å²) < 4.78 is 5.71. The van der Waals surface area contributed by atoms with E-state index in [1.54, 1.807) is 0 Å². The Morgan fingerprint density at radius 1 is 0.944 bits per heavy atom. The largest absolute Gasteiger partial charge is 0.494 e. The lowest BCUT2D eigenvalue weighted by molar-refractivity contribution is 0.305. The fourth-order valence-electron chi connectivity index (χ4n) is 1.78. The number of rotatable bonds is 9. The third kappa shape index (κ3) is 6.48. The van der Waals surface area contributed by atoms with Crippen LogP contribution in [0.5, 0.6) is 5.75 Å². The molecule has 0 N–H and O–H groups in total. The van der Waals surface area contributed by atoms with Gasteiger partial charge in [-0.1, -0.05) is 63.8 Å². The zero-order chi connectivity index (χ0) is 13.1. The lowest BCUT2D eigenvalue weighted by Gasteiger charge is -2.06. The number of benzene rings is 1. The smallest absolute Gasteiger partial charge is 0.119 e. The van der Waals surface area contributed by atoms with Crippen LogP contribution in [0.25, 0.3) is 6.08 Å². The molecule has 0 aliphatic carbocycles. The first-order chi connectivity index (χ1) is 8.86. The van der Waals surface area contributed by atoms with E-state index < -0.39 is 0 Å². The van der Waals surface area contributed by atoms with Crippen molar-refractivity contribution < 1.29 is 4.74 Å². The van der Waals surface area contributed by atoms with Gasteiger partial charge in [-0.2, -0.15) is 0 Å². The van der Waals surface area contributed by atoms with Gasteiger partial charge >= 0.3 is 0 Å². The molecule has 1 aromatic carbocycles. The van der Waals surface area contributed by atoms with Crippen molar-refractivity contribution in [2.75, 3.05) is 6.61 Å². The minimum absolute atomic E-state index is 0.838. The molecule has 1 nitrogen and oxygen atoms in total. The quantitative estimate of drug-likeness (QED) is 0.526. The van der Waals surface area contributed by atoms with Crippen LogP contribution in [0.15, 0.2) is 30.3 Å². The maximum Gasteiger partial charge on any atom is 0.119 e. The van der Waals surface area contributed by atoms with Crippen LogP contribution in [0.3, 0.4) is 0 Å². The van der Waals surface area contributed by atoms with E-state index in [-0.39, 0.29) is 0 Å². The summed E-state index contributed by atoms with van der Waals surface area (Å²) >= 11 is 0. The van der Waals surface area contributed by atoms with Crippen molar-refractivity contribution in [2.24, 2.45) is 0 Å². The van der Waals surface area contributed by atoms with Gasteiger partial charge in [0.05, 0.1) is 6.61 Å². The number of hydrogen-bond acceptors (Lipinski definition) is 1. The highest BCUT2D eigenvalue weighted by Crippen LogP contribution is 2.14. The van der Waals surface area contributed by atoms with Crippen LogP contribution < -0.4 is 4.74 Å². The second kappa shape index (κ2) is 9.76. The summed E-state index contributed by atoms with van der Waals surface area (Å²) in [4.78, 5) is 0. The summed E-state index contributed by atoms with van der Waals surface area (Å²) in [6.07, 6.45) is 11.8. The molecule has 1 aromatic rings. The summed E-state index contributed by atoms with van der Waals surface area (Å²) in [5.74, 6) is 0.985. The van der Waals surface area contributed by atoms with Gasteiger partial charge in [-0.05, 0) is 30.5 Å².